The lowest BCUT2D eigenvalue weighted by atomic mass is 9.97. The predicted molar refractivity (Wildman–Crippen MR) is 119 cm³/mol. The Hall–Kier alpha value is -2.00. The maximum Gasteiger partial charge on any atom is 0.243 e. The van der Waals surface area contributed by atoms with E-state index in [4.69, 9.17) is 32.7 Å². The zero-order valence-electron chi connectivity index (χ0n) is 16.6. The van der Waals surface area contributed by atoms with Crippen LogP contribution in [0.25, 0.3) is 0 Å². The second-order valence-electron chi connectivity index (χ2n) is 7.43. The average Bonchev–Trinajstić information content (AvgIpc) is 3.02. The largest absolute Gasteiger partial charge is 0.490 e. The summed E-state index contributed by atoms with van der Waals surface area (Å²) in [6, 6.07) is 9.69. The van der Waals surface area contributed by atoms with Gasteiger partial charge >= 0.3 is 0 Å². The molecule has 166 valence electrons. The van der Waals surface area contributed by atoms with Crippen LogP contribution in [0.1, 0.15) is 19.3 Å². The first-order valence-corrected chi connectivity index (χ1v) is 12.2. The molecule has 7 nitrogen and oxygen atoms in total. The molecule has 0 atom stereocenters. The van der Waals surface area contributed by atoms with E-state index in [1.165, 1.54) is 16.4 Å². The molecule has 2 heterocycles. The molecule has 10 heteroatoms. The zero-order valence-corrected chi connectivity index (χ0v) is 19.0. The maximum atomic E-state index is 13.1. The first kappa shape index (κ1) is 22.2. The Morgan fingerprint density at radius 2 is 1.74 bits per heavy atom. The second kappa shape index (κ2) is 9.24. The van der Waals surface area contributed by atoms with E-state index in [2.05, 4.69) is 5.32 Å². The van der Waals surface area contributed by atoms with Crippen molar-refractivity contribution in [1.29, 1.82) is 0 Å². The fraction of sp³-hybridized carbons (Fsp3) is 0.381. The highest BCUT2D eigenvalue weighted by Crippen LogP contribution is 2.34. The number of nitrogens with one attached hydrogen (secondary N) is 1. The molecule has 0 aliphatic carbocycles. The molecule has 4 rings (SSSR count). The number of halogens is 2. The monoisotopic (exact) mass is 484 g/mol. The van der Waals surface area contributed by atoms with Crippen molar-refractivity contribution in [3.63, 3.8) is 0 Å². The quantitative estimate of drug-likeness (QED) is 0.702. The van der Waals surface area contributed by atoms with Crippen LogP contribution in [0.4, 0.5) is 5.69 Å². The van der Waals surface area contributed by atoms with Gasteiger partial charge in [-0.2, -0.15) is 4.31 Å². The standard InChI is InChI=1S/C21H22Cl2N2O5S/c22-16-3-1-4-17(20(16)23)24-21(26)14-7-9-25(10-8-14)31(27,28)15-5-6-18-19(13-15)30-12-2-11-29-18/h1,3-6,13-14H,2,7-12H2,(H,24,26). The molecule has 0 aromatic heterocycles. The molecular weight excluding hydrogens is 463 g/mol. The minimum absolute atomic E-state index is 0.158. The summed E-state index contributed by atoms with van der Waals surface area (Å²) in [5.74, 6) is 0.472. The van der Waals surface area contributed by atoms with E-state index < -0.39 is 10.0 Å². The number of sulfonamides is 1. The molecule has 2 aliphatic rings. The van der Waals surface area contributed by atoms with Crippen LogP contribution in [0.2, 0.25) is 10.0 Å². The first-order valence-electron chi connectivity index (χ1n) is 10.0. The van der Waals surface area contributed by atoms with Gasteiger partial charge < -0.3 is 14.8 Å². The molecule has 1 fully saturated rings. The van der Waals surface area contributed by atoms with Crippen LogP contribution in [0.3, 0.4) is 0 Å². The lowest BCUT2D eigenvalue weighted by molar-refractivity contribution is -0.120. The summed E-state index contributed by atoms with van der Waals surface area (Å²) in [5, 5.41) is 3.43. The fourth-order valence-electron chi connectivity index (χ4n) is 3.65. The van der Waals surface area contributed by atoms with Gasteiger partial charge in [0.25, 0.3) is 0 Å². The number of hydrogen-bond donors (Lipinski definition) is 1. The maximum absolute atomic E-state index is 13.1. The molecule has 2 aromatic carbocycles. The highest BCUT2D eigenvalue weighted by Gasteiger charge is 2.33. The van der Waals surface area contributed by atoms with Gasteiger partial charge in [-0.25, -0.2) is 8.42 Å². The number of hydrogen-bond acceptors (Lipinski definition) is 5. The summed E-state index contributed by atoms with van der Waals surface area (Å²) in [6.45, 7) is 1.51. The summed E-state index contributed by atoms with van der Waals surface area (Å²) in [6.07, 6.45) is 1.56. The minimum atomic E-state index is -3.70. The van der Waals surface area contributed by atoms with Gasteiger partial charge in [-0.05, 0) is 37.1 Å². The Kier molecular flexibility index (Phi) is 6.62. The van der Waals surface area contributed by atoms with Gasteiger partial charge in [0.15, 0.2) is 11.5 Å². The summed E-state index contributed by atoms with van der Waals surface area (Å²) in [4.78, 5) is 12.8. The van der Waals surface area contributed by atoms with E-state index >= 15 is 0 Å². The van der Waals surface area contributed by atoms with Crippen LogP contribution in [-0.4, -0.2) is 44.9 Å². The van der Waals surface area contributed by atoms with Gasteiger partial charge in [0, 0.05) is 31.5 Å². The van der Waals surface area contributed by atoms with E-state index in [1.807, 2.05) is 0 Å². The number of rotatable bonds is 4. The van der Waals surface area contributed by atoms with E-state index in [0.29, 0.717) is 48.3 Å². The van der Waals surface area contributed by atoms with Gasteiger partial charge in [0.05, 0.1) is 33.8 Å². The molecule has 0 spiro atoms. The van der Waals surface area contributed by atoms with Crippen LogP contribution in [0, 0.1) is 5.92 Å². The third kappa shape index (κ3) is 4.77. The molecule has 2 aromatic rings. The van der Waals surface area contributed by atoms with E-state index in [-0.39, 0.29) is 34.8 Å². The number of fused-ring (bicyclic) bond motifs is 1. The molecule has 1 N–H and O–H groups in total. The molecule has 0 saturated carbocycles. The Morgan fingerprint density at radius 1 is 1.03 bits per heavy atom. The number of piperidine rings is 1. The number of ether oxygens (including phenoxy) is 2. The van der Waals surface area contributed by atoms with Gasteiger partial charge in [-0.15, -0.1) is 0 Å². The Labute approximate surface area is 191 Å². The number of benzene rings is 2. The van der Waals surface area contributed by atoms with Crippen molar-refractivity contribution in [2.24, 2.45) is 5.92 Å². The topological polar surface area (TPSA) is 84.9 Å². The Bertz CT molecular complexity index is 1090. The molecular formula is C21H22Cl2N2O5S. The summed E-state index contributed by atoms with van der Waals surface area (Å²) >= 11 is 12.1. The van der Waals surface area contributed by atoms with Gasteiger partial charge in [-0.1, -0.05) is 29.3 Å². The predicted octanol–water partition coefficient (Wildman–Crippen LogP) is 4.19. The molecule has 0 radical (unpaired) electrons. The SMILES string of the molecule is O=C(Nc1cccc(Cl)c1Cl)C1CCN(S(=O)(=O)c2ccc3c(c2)OCCCO3)CC1. The second-order valence-corrected chi connectivity index (χ2v) is 10.2. The molecule has 0 unspecified atom stereocenters. The van der Waals surface area contributed by atoms with Gasteiger partial charge in [0.2, 0.25) is 15.9 Å². The van der Waals surface area contributed by atoms with Crippen molar-refractivity contribution in [3.05, 3.63) is 46.4 Å². The molecule has 31 heavy (non-hydrogen) atoms. The van der Waals surface area contributed by atoms with Crippen molar-refractivity contribution in [1.82, 2.24) is 4.31 Å². The van der Waals surface area contributed by atoms with E-state index in [9.17, 15) is 13.2 Å². The number of carbonyl (C=O) groups excluding carboxylic acids is 1. The number of nitrogens with zero attached hydrogens (tertiary/aromatic N) is 1. The van der Waals surface area contributed by atoms with Gasteiger partial charge in [0.1, 0.15) is 0 Å². The van der Waals surface area contributed by atoms with Crippen LogP contribution < -0.4 is 14.8 Å². The highest BCUT2D eigenvalue weighted by molar-refractivity contribution is 7.89. The smallest absolute Gasteiger partial charge is 0.243 e. The molecule has 1 amide bonds. The molecule has 1 saturated heterocycles. The summed E-state index contributed by atoms with van der Waals surface area (Å²) in [5.41, 5.74) is 0.446. The fourth-order valence-corrected chi connectivity index (χ4v) is 5.48. The number of carbonyl (C=O) groups is 1. The summed E-state index contributed by atoms with van der Waals surface area (Å²) in [7, 11) is -3.70. The molecule has 2 aliphatic heterocycles. The molecule has 0 bridgehead atoms. The van der Waals surface area contributed by atoms with Crippen molar-refractivity contribution < 1.29 is 22.7 Å². The van der Waals surface area contributed by atoms with Crippen LogP contribution in [-0.2, 0) is 14.8 Å². The number of anilines is 1. The average molecular weight is 485 g/mol. The lowest BCUT2D eigenvalue weighted by Crippen LogP contribution is -2.41. The van der Waals surface area contributed by atoms with Gasteiger partial charge in [-0.3, -0.25) is 4.79 Å². The van der Waals surface area contributed by atoms with Crippen LogP contribution >= 0.6 is 23.2 Å². The Balaban J connectivity index is 1.41. The van der Waals surface area contributed by atoms with Crippen LogP contribution in [0.15, 0.2) is 41.3 Å². The van der Waals surface area contributed by atoms with E-state index in [0.717, 1.165) is 6.42 Å². The lowest BCUT2D eigenvalue weighted by Gasteiger charge is -2.30. The van der Waals surface area contributed by atoms with Crippen molar-refractivity contribution in [2.45, 2.75) is 24.2 Å². The first-order chi connectivity index (χ1) is 14.9. The van der Waals surface area contributed by atoms with E-state index in [1.54, 1.807) is 24.3 Å². The third-order valence-corrected chi connectivity index (χ3v) is 8.10. The van der Waals surface area contributed by atoms with Crippen LogP contribution in [0.5, 0.6) is 11.5 Å². The normalized spacial score (nSPS) is 17.7. The highest BCUT2D eigenvalue weighted by atomic mass is 35.5. The number of amides is 1. The van der Waals surface area contributed by atoms with Crippen molar-refractivity contribution in [3.8, 4) is 11.5 Å². The Morgan fingerprint density at radius 3 is 2.48 bits per heavy atom. The third-order valence-electron chi connectivity index (χ3n) is 5.39. The minimum Gasteiger partial charge on any atom is -0.490 e. The van der Waals surface area contributed by atoms with Crippen molar-refractivity contribution >= 4 is 44.8 Å². The zero-order chi connectivity index (χ0) is 22.0. The van der Waals surface area contributed by atoms with Crippen molar-refractivity contribution in [2.75, 3.05) is 31.6 Å². The summed E-state index contributed by atoms with van der Waals surface area (Å²) < 4.78 is 38.8.